The van der Waals surface area contributed by atoms with Crippen LogP contribution < -0.4 is 0 Å². The van der Waals surface area contributed by atoms with Crippen LogP contribution in [-0.2, 0) is 17.8 Å². The number of nitrogens with zero attached hydrogens (tertiary/aromatic N) is 1. The number of hydrogen-bond donors (Lipinski definition) is 2. The molecule has 96 valence electrons. The van der Waals surface area contributed by atoms with Gasteiger partial charge in [0.15, 0.2) is 0 Å². The highest BCUT2D eigenvalue weighted by atomic mass is 19.1. The molecule has 2 rings (SSSR count). The molecule has 18 heavy (non-hydrogen) atoms. The Labute approximate surface area is 102 Å². The van der Waals surface area contributed by atoms with Crippen molar-refractivity contribution in [2.24, 2.45) is 0 Å². The fourth-order valence-electron chi connectivity index (χ4n) is 2.20. The maximum atomic E-state index is 13.1. The van der Waals surface area contributed by atoms with Gasteiger partial charge in [0.2, 0.25) is 0 Å². The van der Waals surface area contributed by atoms with Crippen LogP contribution in [0.2, 0.25) is 0 Å². The Bertz CT molecular complexity index is 531. The number of halogens is 1. The quantitative estimate of drug-likeness (QED) is 0.798. The zero-order valence-corrected chi connectivity index (χ0v) is 9.68. The maximum absolute atomic E-state index is 13.1. The monoisotopic (exact) mass is 253 g/mol. The van der Waals surface area contributed by atoms with E-state index in [1.807, 2.05) is 0 Å². The summed E-state index contributed by atoms with van der Waals surface area (Å²) in [6, 6.07) is 4.00. The van der Waals surface area contributed by atoms with E-state index in [1.54, 1.807) is 0 Å². The Morgan fingerprint density at radius 3 is 2.56 bits per heavy atom. The smallest absolute Gasteiger partial charge is 0.408 e. The number of amides is 1. The first-order valence-electron chi connectivity index (χ1n) is 5.36. The average molecular weight is 253 g/mol. The van der Waals surface area contributed by atoms with E-state index in [9.17, 15) is 19.1 Å². The molecule has 5 nitrogen and oxygen atoms in total. The summed E-state index contributed by atoms with van der Waals surface area (Å²) < 4.78 is 13.1. The van der Waals surface area contributed by atoms with E-state index in [2.05, 4.69) is 0 Å². The van der Waals surface area contributed by atoms with Gasteiger partial charge in [-0.05, 0) is 30.2 Å². The van der Waals surface area contributed by atoms with E-state index in [0.717, 1.165) is 4.90 Å². The number of carboxylic acid groups (broad SMARTS) is 2. The van der Waals surface area contributed by atoms with Gasteiger partial charge in [-0.25, -0.2) is 14.0 Å². The number of rotatable bonds is 1. The normalized spacial score (nSPS) is 22.4. The summed E-state index contributed by atoms with van der Waals surface area (Å²) >= 11 is 0. The number of benzene rings is 1. The highest BCUT2D eigenvalue weighted by Crippen LogP contribution is 2.31. The standard InChI is InChI=1S/C12H12FNO4/c1-12(10(15)16)5-7-2-3-9(13)4-8(7)6-14(12)11(17)18/h2-4H,5-6H2,1H3,(H,15,16)(H,17,18)/t12-/m0/s1. The van der Waals surface area contributed by atoms with Crippen molar-refractivity contribution in [1.82, 2.24) is 4.90 Å². The molecule has 0 aromatic heterocycles. The molecule has 1 aromatic carbocycles. The molecule has 0 saturated heterocycles. The summed E-state index contributed by atoms with van der Waals surface area (Å²) in [5.41, 5.74) is -0.341. The molecule has 1 amide bonds. The molecule has 1 aromatic rings. The third-order valence-electron chi connectivity index (χ3n) is 3.32. The van der Waals surface area contributed by atoms with Gasteiger partial charge in [-0.1, -0.05) is 6.07 Å². The Morgan fingerprint density at radius 2 is 2.00 bits per heavy atom. The van der Waals surface area contributed by atoms with Gasteiger partial charge < -0.3 is 10.2 Å². The molecule has 0 unspecified atom stereocenters. The summed E-state index contributed by atoms with van der Waals surface area (Å²) in [5.74, 6) is -1.67. The van der Waals surface area contributed by atoms with E-state index >= 15 is 0 Å². The van der Waals surface area contributed by atoms with Crippen molar-refractivity contribution in [2.75, 3.05) is 0 Å². The van der Waals surface area contributed by atoms with E-state index < -0.39 is 23.4 Å². The van der Waals surface area contributed by atoms with Gasteiger partial charge in [0.25, 0.3) is 0 Å². The van der Waals surface area contributed by atoms with E-state index in [1.165, 1.54) is 25.1 Å². The van der Waals surface area contributed by atoms with Gasteiger partial charge in [-0.2, -0.15) is 0 Å². The molecular formula is C12H12FNO4. The zero-order chi connectivity index (χ0) is 13.5. The second-order valence-corrected chi connectivity index (χ2v) is 4.54. The number of hydrogen-bond acceptors (Lipinski definition) is 2. The zero-order valence-electron chi connectivity index (χ0n) is 9.68. The van der Waals surface area contributed by atoms with Crippen LogP contribution in [0.25, 0.3) is 0 Å². The maximum Gasteiger partial charge on any atom is 0.408 e. The van der Waals surface area contributed by atoms with Crippen LogP contribution in [0.3, 0.4) is 0 Å². The topological polar surface area (TPSA) is 77.8 Å². The van der Waals surface area contributed by atoms with Gasteiger partial charge in [0.05, 0.1) is 6.54 Å². The highest BCUT2D eigenvalue weighted by Gasteiger charge is 2.46. The number of carbonyl (C=O) groups is 2. The number of aliphatic carboxylic acids is 1. The first-order valence-corrected chi connectivity index (χ1v) is 5.36. The van der Waals surface area contributed by atoms with Crippen molar-refractivity contribution in [3.05, 3.63) is 35.1 Å². The van der Waals surface area contributed by atoms with E-state index in [0.29, 0.717) is 11.1 Å². The largest absolute Gasteiger partial charge is 0.479 e. The third-order valence-corrected chi connectivity index (χ3v) is 3.32. The van der Waals surface area contributed by atoms with Gasteiger partial charge in [0, 0.05) is 6.42 Å². The van der Waals surface area contributed by atoms with Crippen molar-refractivity contribution >= 4 is 12.1 Å². The summed E-state index contributed by atoms with van der Waals surface area (Å²) in [5, 5.41) is 18.3. The Morgan fingerprint density at radius 1 is 1.33 bits per heavy atom. The molecule has 1 heterocycles. The van der Waals surface area contributed by atoms with Crippen LogP contribution in [0.1, 0.15) is 18.1 Å². The molecule has 6 heteroatoms. The second-order valence-electron chi connectivity index (χ2n) is 4.54. The van der Waals surface area contributed by atoms with Gasteiger partial charge in [-0.15, -0.1) is 0 Å². The summed E-state index contributed by atoms with van der Waals surface area (Å²) in [4.78, 5) is 23.3. The summed E-state index contributed by atoms with van der Waals surface area (Å²) in [6.07, 6.45) is -1.29. The van der Waals surface area contributed by atoms with Crippen LogP contribution in [-0.4, -0.2) is 32.7 Å². The lowest BCUT2D eigenvalue weighted by Gasteiger charge is -2.40. The predicted octanol–water partition coefficient (Wildman–Crippen LogP) is 1.71. The van der Waals surface area contributed by atoms with E-state index in [4.69, 9.17) is 5.11 Å². The lowest BCUT2D eigenvalue weighted by molar-refractivity contribution is -0.150. The Balaban J connectivity index is 2.50. The van der Waals surface area contributed by atoms with Gasteiger partial charge >= 0.3 is 12.1 Å². The molecular weight excluding hydrogens is 241 g/mol. The lowest BCUT2D eigenvalue weighted by Crippen LogP contribution is -2.57. The first-order chi connectivity index (χ1) is 8.34. The van der Waals surface area contributed by atoms with E-state index in [-0.39, 0.29) is 13.0 Å². The summed E-state index contributed by atoms with van der Waals surface area (Å²) in [7, 11) is 0. The predicted molar refractivity (Wildman–Crippen MR) is 59.7 cm³/mol. The first kappa shape index (κ1) is 12.3. The fraction of sp³-hybridized carbons (Fsp3) is 0.333. The summed E-state index contributed by atoms with van der Waals surface area (Å²) in [6.45, 7) is 1.24. The highest BCUT2D eigenvalue weighted by molar-refractivity contribution is 5.84. The molecule has 2 N–H and O–H groups in total. The van der Waals surface area contributed by atoms with Crippen LogP contribution in [0.5, 0.6) is 0 Å². The number of carboxylic acids is 1. The minimum absolute atomic E-state index is 0.0320. The van der Waals surface area contributed by atoms with Crippen molar-refractivity contribution in [3.8, 4) is 0 Å². The van der Waals surface area contributed by atoms with Gasteiger partial charge in [0.1, 0.15) is 11.4 Å². The van der Waals surface area contributed by atoms with Crippen molar-refractivity contribution in [3.63, 3.8) is 0 Å². The van der Waals surface area contributed by atoms with Crippen molar-refractivity contribution < 1.29 is 24.2 Å². The van der Waals surface area contributed by atoms with Crippen LogP contribution in [0, 0.1) is 5.82 Å². The SMILES string of the molecule is C[C@@]1(C(=O)O)Cc2ccc(F)cc2CN1C(=O)O. The number of fused-ring (bicyclic) bond motifs is 1. The molecule has 1 aliphatic heterocycles. The van der Waals surface area contributed by atoms with Crippen molar-refractivity contribution in [1.29, 1.82) is 0 Å². The minimum atomic E-state index is -1.52. The molecule has 0 saturated carbocycles. The molecule has 0 fully saturated rings. The second kappa shape index (κ2) is 3.97. The molecule has 1 aliphatic rings. The Kier molecular flexibility index (Phi) is 2.73. The van der Waals surface area contributed by atoms with Crippen LogP contribution in [0.4, 0.5) is 9.18 Å². The molecule has 0 spiro atoms. The minimum Gasteiger partial charge on any atom is -0.479 e. The van der Waals surface area contributed by atoms with Crippen LogP contribution in [0.15, 0.2) is 18.2 Å². The average Bonchev–Trinajstić information content (AvgIpc) is 2.28. The molecule has 0 radical (unpaired) electrons. The fourth-order valence-corrected chi connectivity index (χ4v) is 2.20. The lowest BCUT2D eigenvalue weighted by atomic mass is 9.84. The van der Waals surface area contributed by atoms with Crippen molar-refractivity contribution in [2.45, 2.75) is 25.4 Å². The molecule has 1 atom stereocenters. The Hall–Kier alpha value is -2.11. The van der Waals surface area contributed by atoms with Gasteiger partial charge in [-0.3, -0.25) is 4.90 Å². The third kappa shape index (κ3) is 1.79. The molecule has 0 bridgehead atoms. The van der Waals surface area contributed by atoms with Crippen LogP contribution >= 0.6 is 0 Å². The molecule has 0 aliphatic carbocycles.